The molecule has 1 heterocycles. The van der Waals surface area contributed by atoms with Gasteiger partial charge in [-0.15, -0.1) is 0 Å². The van der Waals surface area contributed by atoms with E-state index in [1.807, 2.05) is 13.8 Å². The van der Waals surface area contributed by atoms with E-state index in [1.54, 1.807) is 24.3 Å². The fourth-order valence-electron chi connectivity index (χ4n) is 2.21. The second kappa shape index (κ2) is 8.11. The fraction of sp³-hybridized carbons (Fsp3) is 0.333. The first kappa shape index (κ1) is 18.9. The van der Waals surface area contributed by atoms with Crippen molar-refractivity contribution in [1.29, 1.82) is 0 Å². The number of hydrogen-bond donors (Lipinski definition) is 1. The van der Waals surface area contributed by atoms with E-state index in [0.717, 1.165) is 22.7 Å². The summed E-state index contributed by atoms with van der Waals surface area (Å²) in [6, 6.07) is 8.15. The molecule has 7 heteroatoms. The molecule has 0 spiro atoms. The number of rotatable bonds is 7. The molecule has 1 aromatic carbocycles. The van der Waals surface area contributed by atoms with E-state index >= 15 is 0 Å². The van der Waals surface area contributed by atoms with Crippen molar-refractivity contribution in [3.05, 3.63) is 53.9 Å². The molecule has 25 heavy (non-hydrogen) atoms. The van der Waals surface area contributed by atoms with Crippen molar-refractivity contribution in [2.45, 2.75) is 31.6 Å². The predicted octanol–water partition coefficient (Wildman–Crippen LogP) is 2.75. The van der Waals surface area contributed by atoms with Gasteiger partial charge in [-0.05, 0) is 31.5 Å². The lowest BCUT2D eigenvalue weighted by Crippen LogP contribution is -2.28. The Bertz CT molecular complexity index is 833. The average Bonchev–Trinajstić information content (AvgIpc) is 2.61. The van der Waals surface area contributed by atoms with Crippen LogP contribution in [0.5, 0.6) is 0 Å². The fourth-order valence-corrected chi connectivity index (χ4v) is 3.39. The number of nitrogens with one attached hydrogen (secondary N) is 1. The zero-order valence-electron chi connectivity index (χ0n) is 14.7. The van der Waals surface area contributed by atoms with Gasteiger partial charge >= 0.3 is 0 Å². The molecule has 0 aliphatic heterocycles. The van der Waals surface area contributed by atoms with Gasteiger partial charge in [-0.1, -0.05) is 31.0 Å². The Morgan fingerprint density at radius 3 is 2.52 bits per heavy atom. The molecule has 0 radical (unpaired) electrons. The Balaban J connectivity index is 2.24. The van der Waals surface area contributed by atoms with Crippen molar-refractivity contribution in [2.24, 2.45) is 0 Å². The minimum Gasteiger partial charge on any atom is -0.352 e. The summed E-state index contributed by atoms with van der Waals surface area (Å²) in [4.78, 5) is 16.3. The van der Waals surface area contributed by atoms with Gasteiger partial charge in [0.25, 0.3) is 15.9 Å². The molecule has 0 saturated carbocycles. The lowest BCUT2D eigenvalue weighted by Gasteiger charge is -2.19. The van der Waals surface area contributed by atoms with Crippen molar-refractivity contribution in [1.82, 2.24) is 10.3 Å². The monoisotopic (exact) mass is 361 g/mol. The van der Waals surface area contributed by atoms with E-state index in [1.165, 1.54) is 25.5 Å². The van der Waals surface area contributed by atoms with Crippen LogP contribution in [0.15, 0.2) is 47.6 Å². The Hall–Kier alpha value is -2.41. The third kappa shape index (κ3) is 4.57. The van der Waals surface area contributed by atoms with Gasteiger partial charge in [0.15, 0.2) is 0 Å². The molecule has 6 nitrogen and oxygen atoms in total. The lowest BCUT2D eigenvalue weighted by atomic mass is 10.2. The normalized spacial score (nSPS) is 11.2. The van der Waals surface area contributed by atoms with E-state index in [4.69, 9.17) is 0 Å². The lowest BCUT2D eigenvalue weighted by molar-refractivity contribution is 0.0953. The van der Waals surface area contributed by atoms with Crippen molar-refractivity contribution in [3.63, 3.8) is 0 Å². The first-order chi connectivity index (χ1) is 11.9. The zero-order chi connectivity index (χ0) is 18.4. The summed E-state index contributed by atoms with van der Waals surface area (Å²) in [5.41, 5.74) is 1.65. The maximum atomic E-state index is 12.7. The smallest absolute Gasteiger partial charge is 0.264 e. The van der Waals surface area contributed by atoms with Crippen LogP contribution in [0.25, 0.3) is 0 Å². The maximum Gasteiger partial charge on any atom is 0.264 e. The molecule has 1 aromatic heterocycles. The molecule has 0 unspecified atom stereocenters. The Labute approximate surface area is 148 Å². The van der Waals surface area contributed by atoms with Crippen LogP contribution in [0.2, 0.25) is 0 Å². The third-order valence-corrected chi connectivity index (χ3v) is 5.64. The SMILES string of the molecule is CCCCNC(=O)c1cncc(N(C)S(=O)(=O)c2ccc(C)cc2)c1. The number of aryl methyl sites for hydroxylation is 1. The summed E-state index contributed by atoms with van der Waals surface area (Å²) in [6.45, 7) is 4.51. The number of unbranched alkanes of at least 4 members (excludes halogenated alkanes) is 1. The number of benzene rings is 1. The summed E-state index contributed by atoms with van der Waals surface area (Å²) in [5.74, 6) is -0.260. The predicted molar refractivity (Wildman–Crippen MR) is 98.2 cm³/mol. The van der Waals surface area contributed by atoms with Crippen LogP contribution in [-0.4, -0.2) is 32.9 Å². The van der Waals surface area contributed by atoms with E-state index in [9.17, 15) is 13.2 Å². The molecule has 0 fully saturated rings. The molecule has 0 saturated heterocycles. The molecule has 0 atom stereocenters. The molecule has 2 rings (SSSR count). The summed E-state index contributed by atoms with van der Waals surface area (Å²) in [5, 5.41) is 2.80. The number of hydrogen-bond acceptors (Lipinski definition) is 4. The summed E-state index contributed by atoms with van der Waals surface area (Å²) in [6.07, 6.45) is 4.72. The summed E-state index contributed by atoms with van der Waals surface area (Å²) < 4.78 is 26.6. The van der Waals surface area contributed by atoms with Gasteiger partial charge in [0.1, 0.15) is 0 Å². The van der Waals surface area contributed by atoms with Crippen molar-refractivity contribution >= 4 is 21.6 Å². The van der Waals surface area contributed by atoms with Crippen LogP contribution in [0.4, 0.5) is 5.69 Å². The highest BCUT2D eigenvalue weighted by atomic mass is 32.2. The van der Waals surface area contributed by atoms with E-state index in [-0.39, 0.29) is 10.8 Å². The number of anilines is 1. The van der Waals surface area contributed by atoms with Gasteiger partial charge in [-0.3, -0.25) is 14.1 Å². The zero-order valence-corrected chi connectivity index (χ0v) is 15.5. The van der Waals surface area contributed by atoms with Crippen LogP contribution in [-0.2, 0) is 10.0 Å². The number of carbonyl (C=O) groups is 1. The Kier molecular flexibility index (Phi) is 6.14. The van der Waals surface area contributed by atoms with Gasteiger partial charge in [-0.25, -0.2) is 8.42 Å². The van der Waals surface area contributed by atoms with E-state index < -0.39 is 10.0 Å². The molecule has 0 aliphatic carbocycles. The highest BCUT2D eigenvalue weighted by molar-refractivity contribution is 7.92. The first-order valence-electron chi connectivity index (χ1n) is 8.15. The van der Waals surface area contributed by atoms with Crippen molar-refractivity contribution < 1.29 is 13.2 Å². The Morgan fingerprint density at radius 2 is 1.88 bits per heavy atom. The quantitative estimate of drug-likeness (QED) is 0.769. The third-order valence-electron chi connectivity index (χ3n) is 3.84. The van der Waals surface area contributed by atoms with Crippen LogP contribution >= 0.6 is 0 Å². The molecular weight excluding hydrogens is 338 g/mol. The number of amides is 1. The van der Waals surface area contributed by atoms with E-state index in [0.29, 0.717) is 17.8 Å². The van der Waals surface area contributed by atoms with Crippen LogP contribution in [0.3, 0.4) is 0 Å². The first-order valence-corrected chi connectivity index (χ1v) is 9.59. The van der Waals surface area contributed by atoms with Gasteiger partial charge in [-0.2, -0.15) is 0 Å². The molecule has 1 amide bonds. The molecule has 1 N–H and O–H groups in total. The van der Waals surface area contributed by atoms with Gasteiger partial charge in [0.05, 0.1) is 22.3 Å². The number of aromatic nitrogens is 1. The van der Waals surface area contributed by atoms with Gasteiger partial charge in [0, 0.05) is 19.8 Å². The van der Waals surface area contributed by atoms with Crippen LogP contribution in [0, 0.1) is 6.92 Å². The molecule has 0 bridgehead atoms. The molecule has 134 valence electrons. The summed E-state index contributed by atoms with van der Waals surface area (Å²) in [7, 11) is -2.26. The molecule has 0 aliphatic rings. The standard InChI is InChI=1S/C18H23N3O3S/c1-4-5-10-20-18(22)15-11-16(13-19-12-15)21(3)25(23,24)17-8-6-14(2)7-9-17/h6-9,11-13H,4-5,10H2,1-3H3,(H,20,22). The number of carbonyl (C=O) groups excluding carboxylic acids is 1. The Morgan fingerprint density at radius 1 is 1.20 bits per heavy atom. The minimum absolute atomic E-state index is 0.193. The van der Waals surface area contributed by atoms with Gasteiger partial charge < -0.3 is 5.32 Å². The second-order valence-electron chi connectivity index (χ2n) is 5.83. The van der Waals surface area contributed by atoms with Crippen LogP contribution in [0.1, 0.15) is 35.7 Å². The number of nitrogens with zero attached hydrogens (tertiary/aromatic N) is 2. The minimum atomic E-state index is -3.71. The number of sulfonamides is 1. The molecule has 2 aromatic rings. The second-order valence-corrected chi connectivity index (χ2v) is 7.80. The van der Waals surface area contributed by atoms with Crippen molar-refractivity contribution in [3.8, 4) is 0 Å². The molecular formula is C18H23N3O3S. The van der Waals surface area contributed by atoms with Gasteiger partial charge in [0.2, 0.25) is 0 Å². The maximum absolute atomic E-state index is 12.7. The summed E-state index contributed by atoms with van der Waals surface area (Å²) >= 11 is 0. The largest absolute Gasteiger partial charge is 0.352 e. The highest BCUT2D eigenvalue weighted by Crippen LogP contribution is 2.22. The van der Waals surface area contributed by atoms with Crippen LogP contribution < -0.4 is 9.62 Å². The number of pyridine rings is 1. The van der Waals surface area contributed by atoms with Crippen molar-refractivity contribution in [2.75, 3.05) is 17.9 Å². The highest BCUT2D eigenvalue weighted by Gasteiger charge is 2.22. The van der Waals surface area contributed by atoms with E-state index in [2.05, 4.69) is 10.3 Å². The average molecular weight is 361 g/mol. The topological polar surface area (TPSA) is 79.4 Å².